The maximum atomic E-state index is 5.09. The van der Waals surface area contributed by atoms with Crippen molar-refractivity contribution in [3.63, 3.8) is 0 Å². The van der Waals surface area contributed by atoms with Crippen molar-refractivity contribution in [1.29, 1.82) is 0 Å². The van der Waals surface area contributed by atoms with E-state index in [9.17, 15) is 0 Å². The Kier molecular flexibility index (Phi) is 7.71. The molecular formula is C48H36N4. The summed E-state index contributed by atoms with van der Waals surface area (Å²) in [6, 6.07) is 53.6. The van der Waals surface area contributed by atoms with Crippen LogP contribution in [0.15, 0.2) is 164 Å². The third-order valence-corrected chi connectivity index (χ3v) is 9.92. The zero-order chi connectivity index (χ0) is 35.2. The van der Waals surface area contributed by atoms with Crippen molar-refractivity contribution in [2.45, 2.75) is 13.8 Å². The third kappa shape index (κ3) is 5.24. The Morgan fingerprint density at radius 1 is 0.519 bits per heavy atom. The molecule has 3 aromatic heterocycles. The average molecular weight is 669 g/mol. The fraction of sp³-hybridized carbons (Fsp3) is 0.0417. The van der Waals surface area contributed by atoms with E-state index in [4.69, 9.17) is 9.97 Å². The first-order valence-electron chi connectivity index (χ1n) is 17.7. The number of benzene rings is 6. The van der Waals surface area contributed by atoms with Gasteiger partial charge in [-0.05, 0) is 68.4 Å². The highest BCUT2D eigenvalue weighted by Gasteiger charge is 2.16. The van der Waals surface area contributed by atoms with Crippen LogP contribution in [0.3, 0.4) is 0 Å². The second-order valence-corrected chi connectivity index (χ2v) is 13.1. The number of aromatic nitrogens is 4. The van der Waals surface area contributed by atoms with Crippen LogP contribution in [-0.2, 0) is 0 Å². The molecule has 9 aromatic rings. The Hall–Kier alpha value is -6.78. The minimum absolute atomic E-state index is 0.715. The highest BCUT2D eigenvalue weighted by Crippen LogP contribution is 2.33. The van der Waals surface area contributed by atoms with Gasteiger partial charge in [-0.25, -0.2) is 9.97 Å². The van der Waals surface area contributed by atoms with Gasteiger partial charge in [0.05, 0.1) is 27.9 Å². The molecule has 0 saturated heterocycles. The van der Waals surface area contributed by atoms with Gasteiger partial charge in [0, 0.05) is 54.8 Å². The molecule has 0 bridgehead atoms. The van der Waals surface area contributed by atoms with Gasteiger partial charge in [-0.2, -0.15) is 0 Å². The van der Waals surface area contributed by atoms with Gasteiger partial charge in [0.2, 0.25) is 0 Å². The van der Waals surface area contributed by atoms with Gasteiger partial charge < -0.3 is 9.13 Å². The molecule has 0 amide bonds. The van der Waals surface area contributed by atoms with Crippen LogP contribution in [0.1, 0.15) is 12.5 Å². The number of nitrogens with zero attached hydrogens (tertiary/aromatic N) is 4. The Morgan fingerprint density at radius 2 is 1.12 bits per heavy atom. The largest absolute Gasteiger partial charge is 0.310 e. The van der Waals surface area contributed by atoms with Crippen molar-refractivity contribution in [2.24, 2.45) is 0 Å². The molecule has 0 fully saturated rings. The predicted octanol–water partition coefficient (Wildman–Crippen LogP) is 10.6. The fourth-order valence-corrected chi connectivity index (χ4v) is 7.56. The minimum Gasteiger partial charge on any atom is -0.310 e. The van der Waals surface area contributed by atoms with Gasteiger partial charge in [-0.3, -0.25) is 0 Å². The van der Waals surface area contributed by atoms with Gasteiger partial charge in [-0.15, -0.1) is 0 Å². The lowest BCUT2D eigenvalue weighted by Gasteiger charge is -2.12. The van der Waals surface area contributed by atoms with Gasteiger partial charge >= 0.3 is 0 Å². The molecule has 0 spiro atoms. The summed E-state index contributed by atoms with van der Waals surface area (Å²) in [7, 11) is 0. The summed E-state index contributed by atoms with van der Waals surface area (Å²) in [5.41, 5.74) is 11.8. The molecule has 0 aliphatic rings. The van der Waals surface area contributed by atoms with Crippen LogP contribution in [0, 0.1) is 6.92 Å². The smallest absolute Gasteiger partial charge is 0.160 e. The highest BCUT2D eigenvalue weighted by atomic mass is 15.0. The van der Waals surface area contributed by atoms with E-state index in [2.05, 4.69) is 175 Å². The molecule has 0 aliphatic carbocycles. The SMILES string of the molecule is C=C/C=c1\c(=C/C)n(-c2ccc(-c3cc(-c4ccccc4)nc(-c4cccc(C)c4)n3)cc2)c2ccc(-n3c4ccccc4c4ccccc43)cc12. The Labute approximate surface area is 302 Å². The standard InChI is InChI=1S/C48H36N4/c1-4-14-38-41-30-37(52-45-21-11-9-19-39(45)40-20-10-12-22-46(40)52)27-28-47(41)51(44(38)5-2)36-25-23-34(24-26-36)43-31-42(33-16-7-6-8-17-33)49-48(50-43)35-18-13-15-32(3)29-35/h4-31H,1H2,2-3H3/b38-14-,44-5+. The van der Waals surface area contributed by atoms with Crippen molar-refractivity contribution in [3.05, 3.63) is 180 Å². The van der Waals surface area contributed by atoms with Crippen molar-refractivity contribution in [3.8, 4) is 45.3 Å². The average Bonchev–Trinajstić information content (AvgIpc) is 3.70. The molecule has 0 atom stereocenters. The predicted molar refractivity (Wildman–Crippen MR) is 218 cm³/mol. The van der Waals surface area contributed by atoms with Crippen LogP contribution < -0.4 is 10.6 Å². The van der Waals surface area contributed by atoms with E-state index >= 15 is 0 Å². The van der Waals surface area contributed by atoms with E-state index in [-0.39, 0.29) is 0 Å². The van der Waals surface area contributed by atoms with E-state index in [1.54, 1.807) is 0 Å². The molecular weight excluding hydrogens is 633 g/mol. The second-order valence-electron chi connectivity index (χ2n) is 13.1. The van der Waals surface area contributed by atoms with Crippen LogP contribution in [0.5, 0.6) is 0 Å². The van der Waals surface area contributed by atoms with Gasteiger partial charge in [-0.1, -0.05) is 127 Å². The number of allylic oxidation sites excluding steroid dienone is 1. The van der Waals surface area contributed by atoms with Gasteiger partial charge in [0.25, 0.3) is 0 Å². The molecule has 4 nitrogen and oxygen atoms in total. The Bertz CT molecular complexity index is 2870. The van der Waals surface area contributed by atoms with Crippen LogP contribution in [-0.4, -0.2) is 19.1 Å². The maximum absolute atomic E-state index is 5.09. The normalized spacial score (nSPS) is 12.3. The lowest BCUT2D eigenvalue weighted by Crippen LogP contribution is -2.27. The summed E-state index contributed by atoms with van der Waals surface area (Å²) in [5.74, 6) is 0.715. The summed E-state index contributed by atoms with van der Waals surface area (Å²) in [4.78, 5) is 10.1. The number of fused-ring (bicyclic) bond motifs is 4. The monoisotopic (exact) mass is 668 g/mol. The minimum atomic E-state index is 0.715. The molecule has 52 heavy (non-hydrogen) atoms. The molecule has 3 heterocycles. The summed E-state index contributed by atoms with van der Waals surface area (Å²) < 4.78 is 4.72. The van der Waals surface area contributed by atoms with Crippen molar-refractivity contribution < 1.29 is 0 Å². The van der Waals surface area contributed by atoms with Crippen LogP contribution in [0.4, 0.5) is 0 Å². The first kappa shape index (κ1) is 31.2. The molecule has 0 aliphatic heterocycles. The number of aryl methyl sites for hydroxylation is 1. The van der Waals surface area contributed by atoms with Crippen LogP contribution >= 0.6 is 0 Å². The molecule has 0 radical (unpaired) electrons. The third-order valence-electron chi connectivity index (χ3n) is 9.92. The maximum Gasteiger partial charge on any atom is 0.160 e. The second kappa shape index (κ2) is 12.8. The molecule has 9 rings (SSSR count). The van der Waals surface area contributed by atoms with Gasteiger partial charge in [0.1, 0.15) is 0 Å². The molecule has 0 N–H and O–H groups in total. The molecule has 0 unspecified atom stereocenters. The van der Waals surface area contributed by atoms with Gasteiger partial charge in [0.15, 0.2) is 5.82 Å². The highest BCUT2D eigenvalue weighted by molar-refractivity contribution is 6.09. The van der Waals surface area contributed by atoms with Crippen LogP contribution in [0.25, 0.3) is 90.1 Å². The van der Waals surface area contributed by atoms with Crippen molar-refractivity contribution in [2.75, 3.05) is 0 Å². The fourth-order valence-electron chi connectivity index (χ4n) is 7.56. The Morgan fingerprint density at radius 3 is 1.77 bits per heavy atom. The topological polar surface area (TPSA) is 35.6 Å². The summed E-state index contributed by atoms with van der Waals surface area (Å²) in [6.07, 6.45) is 6.19. The number of rotatable bonds is 6. The number of hydrogen-bond acceptors (Lipinski definition) is 2. The van der Waals surface area contributed by atoms with E-state index in [1.165, 1.54) is 32.8 Å². The van der Waals surface area contributed by atoms with Crippen LogP contribution in [0.2, 0.25) is 0 Å². The zero-order valence-corrected chi connectivity index (χ0v) is 29.2. The molecule has 0 saturated carbocycles. The van der Waals surface area contributed by atoms with Crippen molar-refractivity contribution in [1.82, 2.24) is 19.1 Å². The lowest BCUT2D eigenvalue weighted by atomic mass is 10.1. The van der Waals surface area contributed by atoms with Crippen molar-refractivity contribution >= 4 is 44.9 Å². The quantitative estimate of drug-likeness (QED) is 0.177. The Balaban J connectivity index is 1.19. The van der Waals surface area contributed by atoms with E-state index in [1.807, 2.05) is 24.3 Å². The number of para-hydroxylation sites is 2. The summed E-state index contributed by atoms with van der Waals surface area (Å²) in [6.45, 7) is 8.29. The molecule has 248 valence electrons. The zero-order valence-electron chi connectivity index (χ0n) is 29.2. The first-order chi connectivity index (χ1) is 25.6. The summed E-state index contributed by atoms with van der Waals surface area (Å²) >= 11 is 0. The molecule has 6 aromatic carbocycles. The van der Waals surface area contributed by atoms with E-state index < -0.39 is 0 Å². The van der Waals surface area contributed by atoms with E-state index in [0.717, 1.165) is 55.5 Å². The van der Waals surface area contributed by atoms with E-state index in [0.29, 0.717) is 5.82 Å². The summed E-state index contributed by atoms with van der Waals surface area (Å²) in [5, 5.41) is 5.94. The molecule has 4 heteroatoms. The first-order valence-corrected chi connectivity index (χ1v) is 17.7. The lowest BCUT2D eigenvalue weighted by molar-refractivity contribution is 1.07. The number of hydrogen-bond donors (Lipinski definition) is 0.